The molecule has 0 aliphatic rings. The third kappa shape index (κ3) is 11.2. The minimum atomic E-state index is 0.720. The van der Waals surface area contributed by atoms with Crippen LogP contribution in [0.25, 0.3) is 0 Å². The van der Waals surface area contributed by atoms with Gasteiger partial charge in [-0.15, -0.1) is 0 Å². The van der Waals surface area contributed by atoms with Crippen molar-refractivity contribution in [3.8, 4) is 0 Å². The molecular formula is C28H51N. The van der Waals surface area contributed by atoms with Gasteiger partial charge in [0.15, 0.2) is 0 Å². The van der Waals surface area contributed by atoms with Crippen molar-refractivity contribution in [1.29, 1.82) is 0 Å². The maximum Gasteiger partial charge on any atom is 0.0183 e. The number of unbranched alkanes of at least 4 members (excludes halogenated alkanes) is 12. The van der Waals surface area contributed by atoms with Gasteiger partial charge in [-0.3, -0.25) is 0 Å². The minimum Gasteiger partial charge on any atom is -0.326 e. The van der Waals surface area contributed by atoms with Crippen LogP contribution in [0.4, 0.5) is 0 Å². The van der Waals surface area contributed by atoms with E-state index in [0.717, 1.165) is 6.54 Å². The minimum absolute atomic E-state index is 0.720. The van der Waals surface area contributed by atoms with Gasteiger partial charge in [-0.2, -0.15) is 0 Å². The summed E-state index contributed by atoms with van der Waals surface area (Å²) in [5.41, 5.74) is 12.6. The van der Waals surface area contributed by atoms with Crippen molar-refractivity contribution in [2.24, 2.45) is 5.73 Å². The van der Waals surface area contributed by atoms with Gasteiger partial charge in [-0.25, -0.2) is 0 Å². The van der Waals surface area contributed by atoms with Gasteiger partial charge in [0.1, 0.15) is 0 Å². The Balaban J connectivity index is 2.71. The summed E-state index contributed by atoms with van der Waals surface area (Å²) in [7, 11) is 0. The molecule has 0 atom stereocenters. The molecule has 1 aromatic carbocycles. The van der Waals surface area contributed by atoms with Gasteiger partial charge < -0.3 is 5.73 Å². The SMILES string of the molecule is CCCCCCCCCc1ccc(CCCCCC)c(CCCCCC)c1CN. The van der Waals surface area contributed by atoms with Crippen molar-refractivity contribution in [3.05, 3.63) is 34.4 Å². The molecule has 1 nitrogen and oxygen atoms in total. The van der Waals surface area contributed by atoms with Crippen molar-refractivity contribution in [2.75, 3.05) is 0 Å². The summed E-state index contributed by atoms with van der Waals surface area (Å²) in [5, 5.41) is 0. The lowest BCUT2D eigenvalue weighted by molar-refractivity contribution is 0.588. The zero-order valence-corrected chi connectivity index (χ0v) is 20.2. The Morgan fingerprint density at radius 1 is 0.483 bits per heavy atom. The summed E-state index contributed by atoms with van der Waals surface area (Å²) in [6, 6.07) is 4.88. The van der Waals surface area contributed by atoms with E-state index in [1.165, 1.54) is 121 Å². The molecule has 1 heteroatoms. The predicted octanol–water partition coefficient (Wildman–Crippen LogP) is 8.68. The van der Waals surface area contributed by atoms with Crippen LogP contribution in [0.5, 0.6) is 0 Å². The highest BCUT2D eigenvalue weighted by Crippen LogP contribution is 2.25. The van der Waals surface area contributed by atoms with Gasteiger partial charge in [0, 0.05) is 6.54 Å². The summed E-state index contributed by atoms with van der Waals surface area (Å²) in [6.45, 7) is 7.61. The number of aryl methyl sites for hydroxylation is 2. The second-order valence-electron chi connectivity index (χ2n) is 9.04. The van der Waals surface area contributed by atoms with Gasteiger partial charge in [0.2, 0.25) is 0 Å². The normalized spacial score (nSPS) is 11.3. The molecule has 0 fully saturated rings. The van der Waals surface area contributed by atoms with E-state index >= 15 is 0 Å². The Hall–Kier alpha value is -0.820. The molecule has 0 aliphatic heterocycles. The summed E-state index contributed by atoms with van der Waals surface area (Å²) in [4.78, 5) is 0. The van der Waals surface area contributed by atoms with E-state index in [9.17, 15) is 0 Å². The fourth-order valence-corrected chi connectivity index (χ4v) is 4.57. The zero-order valence-electron chi connectivity index (χ0n) is 20.2. The molecule has 0 aliphatic carbocycles. The molecule has 0 saturated carbocycles. The number of rotatable bonds is 19. The van der Waals surface area contributed by atoms with Crippen LogP contribution in [0.2, 0.25) is 0 Å². The van der Waals surface area contributed by atoms with Crippen LogP contribution in [-0.4, -0.2) is 0 Å². The summed E-state index contributed by atoms with van der Waals surface area (Å²) >= 11 is 0. The quantitative estimate of drug-likeness (QED) is 0.230. The second-order valence-corrected chi connectivity index (χ2v) is 9.04. The van der Waals surface area contributed by atoms with Crippen LogP contribution in [0, 0.1) is 0 Å². The average molecular weight is 402 g/mol. The molecule has 2 N–H and O–H groups in total. The molecule has 0 amide bonds. The molecule has 1 aromatic rings. The van der Waals surface area contributed by atoms with E-state index in [1.54, 1.807) is 16.7 Å². The number of nitrogens with two attached hydrogens (primary N) is 1. The van der Waals surface area contributed by atoms with E-state index in [4.69, 9.17) is 5.73 Å². The molecule has 0 aromatic heterocycles. The van der Waals surface area contributed by atoms with Gasteiger partial charge in [-0.1, -0.05) is 110 Å². The van der Waals surface area contributed by atoms with E-state index in [2.05, 4.69) is 32.9 Å². The molecule has 1 rings (SSSR count). The van der Waals surface area contributed by atoms with Crippen LogP contribution >= 0.6 is 0 Å². The van der Waals surface area contributed by atoms with Crippen LogP contribution in [0.1, 0.15) is 139 Å². The number of hydrogen-bond donors (Lipinski definition) is 1. The monoisotopic (exact) mass is 401 g/mol. The number of hydrogen-bond acceptors (Lipinski definition) is 1. The second kappa shape index (κ2) is 18.0. The Morgan fingerprint density at radius 3 is 1.34 bits per heavy atom. The maximum atomic E-state index is 6.31. The third-order valence-electron chi connectivity index (χ3n) is 6.46. The summed E-state index contributed by atoms with van der Waals surface area (Å²) in [6.07, 6.45) is 24.1. The standard InChI is InChI=1S/C28H51N/c1-4-7-10-13-14-15-17-20-26-23-22-25(19-16-11-8-5-2)27(28(26)24-29)21-18-12-9-6-3/h22-23H,4-21,24,29H2,1-3H3. The van der Waals surface area contributed by atoms with Crippen LogP contribution in [0.3, 0.4) is 0 Å². The first-order chi connectivity index (χ1) is 14.3. The first-order valence-electron chi connectivity index (χ1n) is 13.1. The molecule has 0 spiro atoms. The first kappa shape index (κ1) is 26.2. The zero-order chi connectivity index (χ0) is 21.2. The summed E-state index contributed by atoms with van der Waals surface area (Å²) < 4.78 is 0. The lowest BCUT2D eigenvalue weighted by Crippen LogP contribution is -2.10. The van der Waals surface area contributed by atoms with E-state index < -0.39 is 0 Å². The lowest BCUT2D eigenvalue weighted by Gasteiger charge is -2.19. The van der Waals surface area contributed by atoms with Crippen molar-refractivity contribution in [3.63, 3.8) is 0 Å². The van der Waals surface area contributed by atoms with Crippen LogP contribution in [-0.2, 0) is 25.8 Å². The molecule has 29 heavy (non-hydrogen) atoms. The Labute approximate surface area is 183 Å². The molecule has 0 heterocycles. The lowest BCUT2D eigenvalue weighted by atomic mass is 9.88. The van der Waals surface area contributed by atoms with Gasteiger partial charge in [0.05, 0.1) is 0 Å². The van der Waals surface area contributed by atoms with Gasteiger partial charge in [-0.05, 0) is 60.8 Å². The molecule has 0 radical (unpaired) electrons. The molecular weight excluding hydrogens is 350 g/mol. The highest BCUT2D eigenvalue weighted by Gasteiger charge is 2.12. The average Bonchev–Trinajstić information content (AvgIpc) is 2.74. The van der Waals surface area contributed by atoms with E-state index in [1.807, 2.05) is 0 Å². The highest BCUT2D eigenvalue weighted by atomic mass is 14.5. The Morgan fingerprint density at radius 2 is 0.862 bits per heavy atom. The molecule has 0 unspecified atom stereocenters. The summed E-state index contributed by atoms with van der Waals surface area (Å²) in [5.74, 6) is 0. The highest BCUT2D eigenvalue weighted by molar-refractivity contribution is 5.41. The van der Waals surface area contributed by atoms with Crippen molar-refractivity contribution in [1.82, 2.24) is 0 Å². The topological polar surface area (TPSA) is 26.0 Å². The van der Waals surface area contributed by atoms with Gasteiger partial charge in [0.25, 0.3) is 0 Å². The first-order valence-corrected chi connectivity index (χ1v) is 13.1. The molecule has 0 bridgehead atoms. The maximum absolute atomic E-state index is 6.31. The number of benzene rings is 1. The van der Waals surface area contributed by atoms with Crippen LogP contribution in [0.15, 0.2) is 12.1 Å². The fraction of sp³-hybridized carbons (Fsp3) is 0.786. The molecule has 0 saturated heterocycles. The van der Waals surface area contributed by atoms with Crippen molar-refractivity contribution >= 4 is 0 Å². The van der Waals surface area contributed by atoms with E-state index in [-0.39, 0.29) is 0 Å². The largest absolute Gasteiger partial charge is 0.326 e. The Kier molecular flexibility index (Phi) is 16.3. The van der Waals surface area contributed by atoms with Crippen molar-refractivity contribution < 1.29 is 0 Å². The van der Waals surface area contributed by atoms with Crippen LogP contribution < -0.4 is 5.73 Å². The smallest absolute Gasteiger partial charge is 0.0183 e. The third-order valence-corrected chi connectivity index (χ3v) is 6.46. The molecule has 168 valence electrons. The Bertz CT molecular complexity index is 505. The van der Waals surface area contributed by atoms with E-state index in [0.29, 0.717) is 0 Å². The van der Waals surface area contributed by atoms with Crippen molar-refractivity contribution in [2.45, 2.75) is 143 Å². The fourth-order valence-electron chi connectivity index (χ4n) is 4.57. The van der Waals surface area contributed by atoms with Gasteiger partial charge >= 0.3 is 0 Å². The predicted molar refractivity (Wildman–Crippen MR) is 132 cm³/mol.